The lowest BCUT2D eigenvalue weighted by Gasteiger charge is -2.31. The van der Waals surface area contributed by atoms with Crippen molar-refractivity contribution in [3.63, 3.8) is 0 Å². The molecule has 3 atom stereocenters. The summed E-state index contributed by atoms with van der Waals surface area (Å²) in [5.74, 6) is -1.33. The Hall–Kier alpha value is -1.79. The van der Waals surface area contributed by atoms with Crippen molar-refractivity contribution in [2.24, 2.45) is 5.92 Å². The van der Waals surface area contributed by atoms with Crippen LogP contribution in [0.25, 0.3) is 0 Å². The Morgan fingerprint density at radius 2 is 1.91 bits per heavy atom. The topological polar surface area (TPSA) is 77.8 Å². The van der Waals surface area contributed by atoms with E-state index in [0.29, 0.717) is 6.42 Å². The number of hydroxylamine groups is 2. The molecule has 0 aliphatic rings. The maximum Gasteiger partial charge on any atom is 0.325 e. The zero-order chi connectivity index (χ0) is 25.9. The molecule has 0 saturated carbocycles. The van der Waals surface area contributed by atoms with Crippen molar-refractivity contribution in [2.75, 3.05) is 38.0 Å². The van der Waals surface area contributed by atoms with E-state index in [4.69, 9.17) is 9.57 Å². The van der Waals surface area contributed by atoms with Crippen LogP contribution in [0.2, 0.25) is 0 Å². The van der Waals surface area contributed by atoms with E-state index < -0.39 is 17.9 Å². The number of nitrogens with zero attached hydrogens (tertiary/aromatic N) is 3. The third-order valence-electron chi connectivity index (χ3n) is 5.12. The summed E-state index contributed by atoms with van der Waals surface area (Å²) in [6, 6.07) is 9.99. The zero-order valence-corrected chi connectivity index (χ0v) is 23.1. The van der Waals surface area contributed by atoms with E-state index in [2.05, 4.69) is 74.8 Å². The van der Waals surface area contributed by atoms with Gasteiger partial charge in [-0.05, 0) is 57.5 Å². The molecule has 0 aliphatic heterocycles. The van der Waals surface area contributed by atoms with Gasteiger partial charge < -0.3 is 10.1 Å². The summed E-state index contributed by atoms with van der Waals surface area (Å²) in [5, 5.41) is 14.7. The van der Waals surface area contributed by atoms with Crippen LogP contribution < -0.4 is 5.32 Å². The van der Waals surface area contributed by atoms with Crippen molar-refractivity contribution in [3.8, 4) is 6.07 Å². The molecular weight excluding hydrogens is 448 g/mol. The Balaban J connectivity index is 0.00000343. The highest BCUT2D eigenvalue weighted by molar-refractivity contribution is 7.80. The quantitative estimate of drug-likeness (QED) is 0.147. The Morgan fingerprint density at radius 1 is 1.24 bits per heavy atom. The minimum atomic E-state index is -0.951. The smallest absolute Gasteiger partial charge is 0.325 e. The van der Waals surface area contributed by atoms with Gasteiger partial charge in [-0.2, -0.15) is 10.3 Å². The molecule has 0 spiro atoms. The molecule has 0 aliphatic carbocycles. The number of ether oxygens (including phenoxy) is 1. The van der Waals surface area contributed by atoms with E-state index in [0.717, 1.165) is 31.7 Å². The lowest BCUT2D eigenvalue weighted by Crippen LogP contribution is -2.44. The molecule has 34 heavy (non-hydrogen) atoms. The molecule has 0 heterocycles. The van der Waals surface area contributed by atoms with E-state index >= 15 is 0 Å². The van der Waals surface area contributed by atoms with Gasteiger partial charge in [0.05, 0.1) is 18.7 Å². The van der Waals surface area contributed by atoms with Crippen LogP contribution in [0.3, 0.4) is 0 Å². The van der Waals surface area contributed by atoms with Gasteiger partial charge in [0.25, 0.3) is 0 Å². The third kappa shape index (κ3) is 12.6. The minimum absolute atomic E-state index is 0.00517. The molecule has 194 valence electrons. The van der Waals surface area contributed by atoms with Crippen molar-refractivity contribution in [3.05, 3.63) is 29.8 Å². The van der Waals surface area contributed by atoms with E-state index in [-0.39, 0.29) is 18.6 Å². The molecule has 8 heteroatoms. The number of carbonyl (C=O) groups excluding carboxylic acids is 1. The van der Waals surface area contributed by atoms with Gasteiger partial charge in [0, 0.05) is 25.3 Å². The highest BCUT2D eigenvalue weighted by atomic mass is 32.1. The van der Waals surface area contributed by atoms with Crippen LogP contribution >= 0.6 is 12.6 Å². The molecule has 0 fully saturated rings. The predicted molar refractivity (Wildman–Crippen MR) is 144 cm³/mol. The molecule has 0 radical (unpaired) electrons. The van der Waals surface area contributed by atoms with Crippen LogP contribution in [0.4, 0.5) is 5.69 Å². The fraction of sp³-hybridized carbons (Fsp3) is 0.692. The predicted octanol–water partition coefficient (Wildman–Crippen LogP) is 5.35. The summed E-state index contributed by atoms with van der Waals surface area (Å²) < 4.78 is 5.10. The number of hydrogen-bond acceptors (Lipinski definition) is 8. The summed E-state index contributed by atoms with van der Waals surface area (Å²) >= 11 is 4.09. The first kappa shape index (κ1) is 32.2. The molecular formula is C26H46N4O3S. The second-order valence-corrected chi connectivity index (χ2v) is 8.55. The molecule has 7 nitrogen and oxygen atoms in total. The summed E-state index contributed by atoms with van der Waals surface area (Å²) in [6.07, 6.45) is 2.90. The van der Waals surface area contributed by atoms with E-state index in [1.54, 1.807) is 14.0 Å². The van der Waals surface area contributed by atoms with Crippen LogP contribution in [0, 0.1) is 17.2 Å². The first-order valence-electron chi connectivity index (χ1n) is 12.4. The van der Waals surface area contributed by atoms with Gasteiger partial charge in [-0.15, -0.1) is 12.6 Å². The van der Waals surface area contributed by atoms with Crippen molar-refractivity contribution in [2.45, 2.75) is 79.4 Å². The van der Waals surface area contributed by atoms with Crippen molar-refractivity contribution >= 4 is 24.3 Å². The molecule has 0 saturated heterocycles. The van der Waals surface area contributed by atoms with Gasteiger partial charge in [0.15, 0.2) is 5.92 Å². The summed E-state index contributed by atoms with van der Waals surface area (Å²) in [4.78, 5) is 20.2. The van der Waals surface area contributed by atoms with Gasteiger partial charge >= 0.3 is 5.97 Å². The van der Waals surface area contributed by atoms with Gasteiger partial charge in [-0.3, -0.25) is 14.5 Å². The van der Waals surface area contributed by atoms with E-state index in [1.165, 1.54) is 17.0 Å². The highest BCUT2D eigenvalue weighted by Crippen LogP contribution is 2.21. The number of nitrogens with one attached hydrogen (secondary N) is 1. The second-order valence-electron chi connectivity index (χ2n) is 8.29. The minimum Gasteiger partial charge on any atom is -0.465 e. The van der Waals surface area contributed by atoms with E-state index in [9.17, 15) is 10.1 Å². The molecule has 0 aromatic heterocycles. The normalized spacial score (nSPS) is 13.4. The third-order valence-corrected chi connectivity index (χ3v) is 5.24. The van der Waals surface area contributed by atoms with Gasteiger partial charge in [0.2, 0.25) is 0 Å². The molecule has 1 N–H and O–H groups in total. The van der Waals surface area contributed by atoms with E-state index in [1.807, 2.05) is 13.0 Å². The fourth-order valence-electron chi connectivity index (χ4n) is 3.60. The van der Waals surface area contributed by atoms with Crippen LogP contribution in [-0.4, -0.2) is 60.7 Å². The molecule has 1 aromatic rings. The standard InChI is InChI=1S/C23H38N4O3S.C3H8/c1-6-12-27(7-2)16-19-10-9-11-20(14-19)25-18(4)13-22(26(5)30-17-31)21(15-24)23(28)29-8-3;1-3-2/h9-11,14,18,21-22,25,31H,6-8,12-13,16-17H2,1-5H3;3H2,1-2H3. The monoisotopic (exact) mass is 494 g/mol. The Bertz CT molecular complexity index is 714. The summed E-state index contributed by atoms with van der Waals surface area (Å²) in [5.41, 5.74) is 2.26. The van der Waals surface area contributed by atoms with Crippen LogP contribution in [0.5, 0.6) is 0 Å². The Labute approximate surface area is 213 Å². The molecule has 3 unspecified atom stereocenters. The number of rotatable bonds is 15. The van der Waals surface area contributed by atoms with Crippen molar-refractivity contribution in [1.82, 2.24) is 9.96 Å². The van der Waals surface area contributed by atoms with Crippen LogP contribution in [0.15, 0.2) is 24.3 Å². The molecule has 0 bridgehead atoms. The molecule has 0 amide bonds. The van der Waals surface area contributed by atoms with Crippen molar-refractivity contribution < 1.29 is 14.4 Å². The maximum absolute atomic E-state index is 12.3. The average molecular weight is 495 g/mol. The first-order chi connectivity index (χ1) is 16.3. The lowest BCUT2D eigenvalue weighted by atomic mass is 9.94. The number of hydrogen-bond donors (Lipinski definition) is 2. The number of carbonyl (C=O) groups is 1. The van der Waals surface area contributed by atoms with Gasteiger partial charge in [0.1, 0.15) is 5.94 Å². The SMILES string of the molecule is CCC.CCCN(CC)Cc1cccc(NC(C)CC(C(C#N)C(=O)OCC)N(C)OCS)c1. The first-order valence-corrected chi connectivity index (χ1v) is 13.0. The number of nitriles is 1. The zero-order valence-electron chi connectivity index (χ0n) is 22.2. The van der Waals surface area contributed by atoms with Crippen molar-refractivity contribution in [1.29, 1.82) is 5.26 Å². The van der Waals surface area contributed by atoms with Gasteiger partial charge in [-0.1, -0.05) is 46.2 Å². The number of esters is 1. The average Bonchev–Trinajstić information content (AvgIpc) is 2.79. The summed E-state index contributed by atoms with van der Waals surface area (Å²) in [6.45, 7) is 15.6. The summed E-state index contributed by atoms with van der Waals surface area (Å²) in [7, 11) is 1.71. The van der Waals surface area contributed by atoms with Gasteiger partial charge in [-0.25, -0.2) is 0 Å². The molecule has 1 rings (SSSR count). The van der Waals surface area contributed by atoms with Crippen LogP contribution in [-0.2, 0) is 20.9 Å². The largest absolute Gasteiger partial charge is 0.465 e. The Morgan fingerprint density at radius 3 is 2.44 bits per heavy atom. The number of thiol groups is 1. The Kier molecular flexibility index (Phi) is 18.5. The lowest BCUT2D eigenvalue weighted by molar-refractivity contribution is -0.173. The highest BCUT2D eigenvalue weighted by Gasteiger charge is 2.34. The maximum atomic E-state index is 12.3. The number of benzene rings is 1. The fourth-order valence-corrected chi connectivity index (χ4v) is 3.78. The molecule has 1 aromatic carbocycles. The van der Waals surface area contributed by atoms with Crippen LogP contribution in [0.1, 0.15) is 66.4 Å². The number of anilines is 1. The second kappa shape index (κ2) is 19.5.